The van der Waals surface area contributed by atoms with Gasteiger partial charge >= 0.3 is 0 Å². The van der Waals surface area contributed by atoms with Crippen molar-refractivity contribution in [1.82, 2.24) is 14.8 Å². The largest absolute Gasteiger partial charge is 0.321 e. The Morgan fingerprint density at radius 3 is 2.71 bits per heavy atom. The van der Waals surface area contributed by atoms with Crippen LogP contribution in [-0.4, -0.2) is 20.7 Å². The highest BCUT2D eigenvalue weighted by Gasteiger charge is 2.10. The molecular formula is C15H14N4OS. The second kappa shape index (κ2) is 5.88. The number of aryl methyl sites for hydroxylation is 1. The van der Waals surface area contributed by atoms with Crippen molar-refractivity contribution in [2.24, 2.45) is 0 Å². The zero-order valence-electron chi connectivity index (χ0n) is 11.5. The van der Waals surface area contributed by atoms with Crippen LogP contribution in [0.1, 0.15) is 20.8 Å². The van der Waals surface area contributed by atoms with Gasteiger partial charge in [0.2, 0.25) is 0 Å². The highest BCUT2D eigenvalue weighted by atomic mass is 32.1. The number of anilines is 1. The summed E-state index contributed by atoms with van der Waals surface area (Å²) in [6, 6.07) is 9.68. The standard InChI is InChI=1S/C15H14N4OS/c1-11-6-7-21-14(11)15(20)18-13-4-2-12(3-5-13)8-19-10-16-9-17-19/h2-7,9-10H,8H2,1H3,(H,18,20). The zero-order chi connectivity index (χ0) is 14.7. The maximum Gasteiger partial charge on any atom is 0.265 e. The highest BCUT2D eigenvalue weighted by Crippen LogP contribution is 2.18. The fourth-order valence-electron chi connectivity index (χ4n) is 1.99. The first-order valence-electron chi connectivity index (χ1n) is 6.49. The molecule has 0 saturated carbocycles. The van der Waals surface area contributed by atoms with Gasteiger partial charge in [-0.15, -0.1) is 11.3 Å². The quantitative estimate of drug-likeness (QED) is 0.805. The monoisotopic (exact) mass is 298 g/mol. The third kappa shape index (κ3) is 3.17. The van der Waals surface area contributed by atoms with Crippen molar-refractivity contribution in [3.05, 3.63) is 64.4 Å². The van der Waals surface area contributed by atoms with Gasteiger partial charge in [0.15, 0.2) is 0 Å². The minimum Gasteiger partial charge on any atom is -0.321 e. The highest BCUT2D eigenvalue weighted by molar-refractivity contribution is 7.12. The third-order valence-electron chi connectivity index (χ3n) is 3.09. The molecule has 106 valence electrons. The fourth-order valence-corrected chi connectivity index (χ4v) is 2.81. The third-order valence-corrected chi connectivity index (χ3v) is 4.11. The molecular weight excluding hydrogens is 284 g/mol. The summed E-state index contributed by atoms with van der Waals surface area (Å²) in [4.78, 5) is 16.8. The lowest BCUT2D eigenvalue weighted by Gasteiger charge is -2.06. The van der Waals surface area contributed by atoms with Crippen molar-refractivity contribution in [2.45, 2.75) is 13.5 Å². The number of carbonyl (C=O) groups excluding carboxylic acids is 1. The molecule has 0 atom stereocenters. The van der Waals surface area contributed by atoms with Crippen molar-refractivity contribution in [2.75, 3.05) is 5.32 Å². The van der Waals surface area contributed by atoms with Gasteiger partial charge in [-0.25, -0.2) is 9.67 Å². The molecule has 3 rings (SSSR count). The molecule has 0 saturated heterocycles. The van der Waals surface area contributed by atoms with Crippen LogP contribution in [0.3, 0.4) is 0 Å². The number of rotatable bonds is 4. The van der Waals surface area contributed by atoms with E-state index in [1.165, 1.54) is 17.7 Å². The van der Waals surface area contributed by atoms with E-state index in [1.807, 2.05) is 42.6 Å². The lowest BCUT2D eigenvalue weighted by Crippen LogP contribution is -2.11. The van der Waals surface area contributed by atoms with E-state index >= 15 is 0 Å². The second-order valence-corrected chi connectivity index (χ2v) is 5.59. The second-order valence-electron chi connectivity index (χ2n) is 4.68. The fraction of sp³-hybridized carbons (Fsp3) is 0.133. The summed E-state index contributed by atoms with van der Waals surface area (Å²) in [6.45, 7) is 2.60. The molecule has 2 heterocycles. The lowest BCUT2D eigenvalue weighted by atomic mass is 10.2. The number of nitrogens with one attached hydrogen (secondary N) is 1. The zero-order valence-corrected chi connectivity index (χ0v) is 12.3. The van der Waals surface area contributed by atoms with Crippen LogP contribution < -0.4 is 5.32 Å². The van der Waals surface area contributed by atoms with Gasteiger partial charge in [0.25, 0.3) is 5.91 Å². The summed E-state index contributed by atoms with van der Waals surface area (Å²) < 4.78 is 1.75. The molecule has 6 heteroatoms. The Hall–Kier alpha value is -2.47. The number of thiophene rings is 1. The van der Waals surface area contributed by atoms with Gasteiger partial charge in [0, 0.05) is 5.69 Å². The number of hydrogen-bond acceptors (Lipinski definition) is 4. The van der Waals surface area contributed by atoms with Gasteiger partial charge < -0.3 is 5.32 Å². The molecule has 3 aromatic rings. The summed E-state index contributed by atoms with van der Waals surface area (Å²) in [7, 11) is 0. The van der Waals surface area contributed by atoms with Crippen LogP contribution in [0.15, 0.2) is 48.4 Å². The Morgan fingerprint density at radius 2 is 2.10 bits per heavy atom. The Bertz CT molecular complexity index is 731. The van der Waals surface area contributed by atoms with E-state index in [-0.39, 0.29) is 5.91 Å². The number of nitrogens with zero attached hydrogens (tertiary/aromatic N) is 3. The number of hydrogen-bond donors (Lipinski definition) is 1. The molecule has 1 amide bonds. The number of carbonyl (C=O) groups is 1. The number of amides is 1. The first-order valence-corrected chi connectivity index (χ1v) is 7.37. The SMILES string of the molecule is Cc1ccsc1C(=O)Nc1ccc(Cn2cncn2)cc1. The van der Waals surface area contributed by atoms with Crippen molar-refractivity contribution in [3.8, 4) is 0 Å². The molecule has 0 bridgehead atoms. The van der Waals surface area contributed by atoms with E-state index in [4.69, 9.17) is 0 Å². The summed E-state index contributed by atoms with van der Waals surface area (Å²) >= 11 is 1.45. The average molecular weight is 298 g/mol. The summed E-state index contributed by atoms with van der Waals surface area (Å²) in [6.07, 6.45) is 3.19. The number of benzene rings is 1. The summed E-state index contributed by atoms with van der Waals surface area (Å²) in [5.41, 5.74) is 2.89. The normalized spacial score (nSPS) is 10.5. The van der Waals surface area contributed by atoms with Gasteiger partial charge in [-0.2, -0.15) is 5.10 Å². The van der Waals surface area contributed by atoms with Gasteiger partial charge in [0.05, 0.1) is 11.4 Å². The Balaban J connectivity index is 1.67. The van der Waals surface area contributed by atoms with E-state index in [1.54, 1.807) is 11.0 Å². The average Bonchev–Trinajstić information content (AvgIpc) is 3.12. The molecule has 0 aliphatic heterocycles. The molecule has 0 radical (unpaired) electrons. The lowest BCUT2D eigenvalue weighted by molar-refractivity contribution is 0.103. The topological polar surface area (TPSA) is 59.8 Å². The van der Waals surface area contributed by atoms with Crippen molar-refractivity contribution >= 4 is 22.9 Å². The van der Waals surface area contributed by atoms with Crippen LogP contribution in [0, 0.1) is 6.92 Å². The van der Waals surface area contributed by atoms with Crippen LogP contribution in [0.2, 0.25) is 0 Å². The molecule has 21 heavy (non-hydrogen) atoms. The molecule has 0 spiro atoms. The Morgan fingerprint density at radius 1 is 1.29 bits per heavy atom. The minimum atomic E-state index is -0.0634. The predicted octanol–water partition coefficient (Wildman–Crippen LogP) is 2.95. The van der Waals surface area contributed by atoms with Crippen molar-refractivity contribution in [3.63, 3.8) is 0 Å². The molecule has 2 aromatic heterocycles. The molecule has 5 nitrogen and oxygen atoms in total. The van der Waals surface area contributed by atoms with Gasteiger partial charge in [-0.05, 0) is 41.6 Å². The maximum absolute atomic E-state index is 12.1. The first-order chi connectivity index (χ1) is 10.2. The molecule has 1 N–H and O–H groups in total. The van der Waals surface area contributed by atoms with E-state index < -0.39 is 0 Å². The van der Waals surface area contributed by atoms with Gasteiger partial charge in [0.1, 0.15) is 12.7 Å². The van der Waals surface area contributed by atoms with Gasteiger partial charge in [-0.1, -0.05) is 12.1 Å². The van der Waals surface area contributed by atoms with E-state index in [9.17, 15) is 4.79 Å². The van der Waals surface area contributed by atoms with Crippen LogP contribution in [0.25, 0.3) is 0 Å². The van der Waals surface area contributed by atoms with Crippen LogP contribution >= 0.6 is 11.3 Å². The Labute approximate surface area is 126 Å². The predicted molar refractivity (Wildman–Crippen MR) is 82.6 cm³/mol. The van der Waals surface area contributed by atoms with E-state index in [0.717, 1.165) is 21.7 Å². The molecule has 0 aliphatic rings. The van der Waals surface area contributed by atoms with Crippen molar-refractivity contribution in [1.29, 1.82) is 0 Å². The molecule has 1 aromatic carbocycles. The van der Waals surface area contributed by atoms with E-state index in [2.05, 4.69) is 15.4 Å². The molecule has 0 unspecified atom stereocenters. The number of aromatic nitrogens is 3. The molecule has 0 fully saturated rings. The van der Waals surface area contributed by atoms with Crippen LogP contribution in [-0.2, 0) is 6.54 Å². The smallest absolute Gasteiger partial charge is 0.265 e. The first kappa shape index (κ1) is 13.5. The maximum atomic E-state index is 12.1. The summed E-state index contributed by atoms with van der Waals surface area (Å²) in [5, 5.41) is 8.89. The van der Waals surface area contributed by atoms with E-state index in [0.29, 0.717) is 6.54 Å². The van der Waals surface area contributed by atoms with Crippen LogP contribution in [0.5, 0.6) is 0 Å². The van der Waals surface area contributed by atoms with Gasteiger partial charge in [-0.3, -0.25) is 4.79 Å². The van der Waals surface area contributed by atoms with Crippen LogP contribution in [0.4, 0.5) is 5.69 Å². The summed E-state index contributed by atoms with van der Waals surface area (Å²) in [5.74, 6) is -0.0634. The van der Waals surface area contributed by atoms with Crippen molar-refractivity contribution < 1.29 is 4.79 Å². The Kier molecular flexibility index (Phi) is 3.79. The minimum absolute atomic E-state index is 0.0634. The molecule has 0 aliphatic carbocycles.